The Labute approximate surface area is 679 Å². The standard InChI is InChI=1S/C68H116N10O39S/c69-39(84)21-74(10-15-108-63-58(102)53(97)48(92)33(26-79)113-63)43(88)23-76(12-17-110-65-60(104)55(99)50(94)35(28-81)115-65)45(90)25-78(14-19-112-67-62(106)57(101)52(96)37(30-83)117-67)46(91)24-77(13-18-111-66-61(105)56(100)51(95)36(29-82)116-66)44(89)22-75(11-16-109-64-59(103)54(98)49(93)34(27-80)114-64)42(87)20-71-41(86)7-2-1-5-9-70-40(85)8-4-3-6-38-47-32(31-118-38)72-68(107)73-47/h32-38,47-67,79-83,92-106H,1-31H2,(H2,69,84)(H,70,85)(H,71,86)(H2,72,73,107)/t32-,33+,34+,35+,36+,37+,38?,47-,48+,49+,50+,51+,52+,53-,54-,55-,56-,57-,58-,59-,60-,61-,62-,63-,64-,65-,66-,67-/m0/s1. The summed E-state index contributed by atoms with van der Waals surface area (Å²) in [6, 6.07) is -0.0624. The molecule has 0 aromatic carbocycles. The molecule has 28 atom stereocenters. The zero-order valence-electron chi connectivity index (χ0n) is 64.5. The van der Waals surface area contributed by atoms with E-state index in [1.165, 1.54) is 0 Å². The molecule has 0 aliphatic carbocycles. The van der Waals surface area contributed by atoms with Gasteiger partial charge in [0.15, 0.2) is 31.5 Å². The summed E-state index contributed by atoms with van der Waals surface area (Å²) < 4.78 is 55.4. The van der Waals surface area contributed by atoms with Crippen molar-refractivity contribution in [2.75, 3.05) is 150 Å². The van der Waals surface area contributed by atoms with Crippen LogP contribution in [0.15, 0.2) is 0 Å². The summed E-state index contributed by atoms with van der Waals surface area (Å²) in [4.78, 5) is 128. The number of urea groups is 1. The molecular weight excluding hydrogens is 1610 g/mol. The van der Waals surface area contributed by atoms with Gasteiger partial charge in [-0.1, -0.05) is 12.8 Å². The van der Waals surface area contributed by atoms with Crippen molar-refractivity contribution >= 4 is 65.1 Å². The molecule has 0 aromatic heterocycles. The van der Waals surface area contributed by atoms with Gasteiger partial charge in [0.2, 0.25) is 47.3 Å². The van der Waals surface area contributed by atoms with Crippen LogP contribution in [0.1, 0.15) is 51.4 Å². The molecule has 0 radical (unpaired) electrons. The molecule has 7 rings (SSSR count). The minimum Gasteiger partial charge on any atom is -0.394 e. The second kappa shape index (κ2) is 48.9. The molecule has 7 saturated heterocycles. The summed E-state index contributed by atoms with van der Waals surface area (Å²) in [5, 5.41) is 220. The van der Waals surface area contributed by atoms with Crippen LogP contribution in [0.4, 0.5) is 4.79 Å². The molecule has 50 heteroatoms. The van der Waals surface area contributed by atoms with E-state index in [-0.39, 0.29) is 48.5 Å². The predicted octanol–water partition coefficient (Wildman–Crippen LogP) is -16.8. The lowest BCUT2D eigenvalue weighted by atomic mass is 9.99. The van der Waals surface area contributed by atoms with Gasteiger partial charge in [-0.05, 0) is 25.7 Å². The smallest absolute Gasteiger partial charge is 0.315 e. The van der Waals surface area contributed by atoms with E-state index in [1.54, 1.807) is 11.8 Å². The number of ether oxygens (including phenoxy) is 10. The molecule has 7 fully saturated rings. The van der Waals surface area contributed by atoms with E-state index >= 15 is 14.4 Å². The molecule has 0 bridgehead atoms. The molecule has 7 aliphatic heterocycles. The van der Waals surface area contributed by atoms with Gasteiger partial charge in [-0.25, -0.2) is 4.79 Å². The van der Waals surface area contributed by atoms with Gasteiger partial charge in [0.05, 0.1) is 117 Å². The number of aliphatic hydroxyl groups excluding tert-OH is 20. The van der Waals surface area contributed by atoms with Gasteiger partial charge < -0.3 is 201 Å². The van der Waals surface area contributed by atoms with Crippen molar-refractivity contribution in [3.63, 3.8) is 0 Å². The highest BCUT2D eigenvalue weighted by Gasteiger charge is 2.50. The maximum atomic E-state index is 15.3. The third-order valence-electron chi connectivity index (χ3n) is 20.8. The fourth-order valence-electron chi connectivity index (χ4n) is 13.7. The van der Waals surface area contributed by atoms with Crippen LogP contribution in [0, 0.1) is 0 Å². The number of nitrogens with zero attached hydrogens (tertiary/aromatic N) is 5. The van der Waals surface area contributed by atoms with Gasteiger partial charge in [0, 0.05) is 63.1 Å². The Bertz CT molecular complexity index is 3150. The minimum absolute atomic E-state index is 0.0445. The van der Waals surface area contributed by atoms with E-state index in [2.05, 4.69) is 21.3 Å². The van der Waals surface area contributed by atoms with Crippen molar-refractivity contribution in [1.82, 2.24) is 45.8 Å². The number of fused-ring (bicyclic) bond motifs is 1. The summed E-state index contributed by atoms with van der Waals surface area (Å²) >= 11 is 1.77. The summed E-state index contributed by atoms with van der Waals surface area (Å²) in [6.07, 6.45) is -42.4. The number of primary amides is 1. The number of thioether (sulfide) groups is 1. The van der Waals surface area contributed by atoms with Gasteiger partial charge in [-0.15, -0.1) is 0 Å². The molecule has 0 saturated carbocycles. The Morgan fingerprint density at radius 1 is 0.381 bits per heavy atom. The van der Waals surface area contributed by atoms with Gasteiger partial charge >= 0.3 is 6.03 Å². The molecule has 118 heavy (non-hydrogen) atoms. The van der Waals surface area contributed by atoms with E-state index in [9.17, 15) is 131 Å². The van der Waals surface area contributed by atoms with Crippen LogP contribution in [0.25, 0.3) is 0 Å². The molecule has 49 nitrogen and oxygen atoms in total. The number of unbranched alkanes of at least 4 members (excludes halogenated alkanes) is 3. The van der Waals surface area contributed by atoms with Crippen LogP contribution in [0.2, 0.25) is 0 Å². The van der Waals surface area contributed by atoms with Crippen LogP contribution in [0.5, 0.6) is 0 Å². The number of rotatable bonds is 48. The number of carbonyl (C=O) groups is 9. The fourth-order valence-corrected chi connectivity index (χ4v) is 15.2. The van der Waals surface area contributed by atoms with E-state index in [1.807, 2.05) is 0 Å². The average molecular weight is 1730 g/mol. The lowest BCUT2D eigenvalue weighted by Gasteiger charge is -2.40. The monoisotopic (exact) mass is 1730 g/mol. The molecule has 678 valence electrons. The molecule has 10 amide bonds. The Hall–Kier alpha value is -5.82. The number of nitrogens with two attached hydrogens (primary N) is 1. The van der Waals surface area contributed by atoms with Crippen molar-refractivity contribution < 1.29 is 193 Å². The Morgan fingerprint density at radius 3 is 0.992 bits per heavy atom. The molecule has 7 heterocycles. The number of aliphatic hydroxyl groups is 20. The predicted molar refractivity (Wildman–Crippen MR) is 389 cm³/mol. The third-order valence-corrected chi connectivity index (χ3v) is 22.3. The highest BCUT2D eigenvalue weighted by molar-refractivity contribution is 8.00. The molecule has 1 unspecified atom stereocenters. The van der Waals surface area contributed by atoms with Crippen LogP contribution in [0.3, 0.4) is 0 Å². The zero-order chi connectivity index (χ0) is 86.8. The Kier molecular flexibility index (Phi) is 41.1. The molecule has 0 aromatic rings. The number of carbonyl (C=O) groups excluding carboxylic acids is 9. The van der Waals surface area contributed by atoms with Gasteiger partial charge in [0.25, 0.3) is 0 Å². The quantitative estimate of drug-likeness (QED) is 0.0199. The summed E-state index contributed by atoms with van der Waals surface area (Å²) in [6.45, 7) is -18.2. The lowest BCUT2D eigenvalue weighted by Crippen LogP contribution is -2.59. The van der Waals surface area contributed by atoms with Crippen molar-refractivity contribution in [3.8, 4) is 0 Å². The van der Waals surface area contributed by atoms with Crippen LogP contribution < -0.4 is 27.0 Å². The first-order chi connectivity index (χ1) is 56.2. The van der Waals surface area contributed by atoms with Crippen LogP contribution in [-0.4, -0.2) is 501 Å². The van der Waals surface area contributed by atoms with Gasteiger partial charge in [-0.2, -0.15) is 11.8 Å². The Morgan fingerprint density at radius 2 is 0.678 bits per heavy atom. The summed E-state index contributed by atoms with van der Waals surface area (Å²) in [7, 11) is 0. The first kappa shape index (κ1) is 99.3. The number of amides is 10. The number of hydrogen-bond acceptors (Lipinski definition) is 40. The topological polar surface area (TPSA) is 741 Å². The van der Waals surface area contributed by atoms with Crippen molar-refractivity contribution in [3.05, 3.63) is 0 Å². The van der Waals surface area contributed by atoms with Crippen molar-refractivity contribution in [1.29, 1.82) is 0 Å². The summed E-state index contributed by atoms with van der Waals surface area (Å²) in [5.41, 5.74) is 5.53. The maximum absolute atomic E-state index is 15.3. The summed E-state index contributed by atoms with van der Waals surface area (Å²) in [5.74, 6) is -7.10. The third kappa shape index (κ3) is 28.1. The van der Waals surface area contributed by atoms with E-state index in [0.29, 0.717) is 40.5 Å². The molecular formula is C68H116N10O39S. The van der Waals surface area contributed by atoms with E-state index in [0.717, 1.165) is 28.4 Å². The SMILES string of the molecule is NC(=O)CN(CCO[C@H]1O[C@H](CO)[C@@H](O)[C@H](O)[C@@H]1O)C(=O)CN(CCO[C@H]1O[C@H](CO)[C@@H](O)[C@H](O)[C@@H]1O)C(=O)CN(CCO[C@H]1O[C@H](CO)[C@@H](O)[C@H](O)[C@@H]1O)C(=O)CN(CCO[C@H]1O[C@H](CO)[C@@H](O)[C@H](O)[C@@H]1O)C(=O)CN(CCO[C@H]1O[C@H](CO)[C@@H](O)[C@H](O)[C@@H]1O)C(=O)CNC(=O)CCCCCNC(=O)CCCCC1SC[C@@H]2NC(=O)N[C@H]12. The maximum Gasteiger partial charge on any atom is 0.315 e. The van der Waals surface area contributed by atoms with Crippen molar-refractivity contribution in [2.45, 2.75) is 222 Å². The molecule has 0 spiro atoms. The van der Waals surface area contributed by atoms with E-state index < -0.39 is 333 Å². The highest BCUT2D eigenvalue weighted by Crippen LogP contribution is 2.34. The largest absolute Gasteiger partial charge is 0.394 e. The second-order valence-electron chi connectivity index (χ2n) is 29.2. The molecule has 7 aliphatic rings. The lowest BCUT2D eigenvalue weighted by molar-refractivity contribution is -0.301. The van der Waals surface area contributed by atoms with Gasteiger partial charge in [-0.3, -0.25) is 38.4 Å². The number of nitrogens with one attached hydrogen (secondary N) is 4. The van der Waals surface area contributed by atoms with Gasteiger partial charge in [0.1, 0.15) is 122 Å². The first-order valence-corrected chi connectivity index (χ1v) is 39.7. The fraction of sp³-hybridized carbons (Fsp3) is 0.868. The van der Waals surface area contributed by atoms with E-state index in [4.69, 9.17) is 53.1 Å². The molecule has 26 N–H and O–H groups in total. The first-order valence-electron chi connectivity index (χ1n) is 38.7. The minimum atomic E-state index is -2.06. The Balaban J connectivity index is 1.13. The van der Waals surface area contributed by atoms with Crippen molar-refractivity contribution in [2.24, 2.45) is 5.73 Å². The number of hydrogen-bond donors (Lipinski definition) is 25. The average Bonchev–Trinajstić information content (AvgIpc) is 1.73. The second-order valence-corrected chi connectivity index (χ2v) is 30.5. The zero-order valence-corrected chi connectivity index (χ0v) is 65.3. The van der Waals surface area contributed by atoms with Crippen LogP contribution >= 0.6 is 11.8 Å². The van der Waals surface area contributed by atoms with Crippen LogP contribution in [-0.2, 0) is 85.7 Å². The highest BCUT2D eigenvalue weighted by atomic mass is 32.2. The normalized spacial score (nSPS) is 34.0.